The molecule has 0 radical (unpaired) electrons. The molecule has 6 nitrogen and oxygen atoms in total. The van der Waals surface area contributed by atoms with Crippen LogP contribution in [0.4, 0.5) is 0 Å². The maximum atomic E-state index is 11.3. The fourth-order valence-corrected chi connectivity index (χ4v) is 1.68. The van der Waals surface area contributed by atoms with Crippen molar-refractivity contribution in [2.24, 2.45) is 5.73 Å². The van der Waals surface area contributed by atoms with E-state index < -0.39 is 16.1 Å². The third kappa shape index (κ3) is 6.76. The van der Waals surface area contributed by atoms with E-state index >= 15 is 0 Å². The van der Waals surface area contributed by atoms with Gasteiger partial charge >= 0.3 is 0 Å². The number of rotatable bonds is 8. The Morgan fingerprint density at radius 2 is 1.94 bits per heavy atom. The van der Waals surface area contributed by atoms with Crippen LogP contribution in [0.15, 0.2) is 0 Å². The zero-order chi connectivity index (χ0) is 12.6. The van der Waals surface area contributed by atoms with E-state index in [0.717, 1.165) is 6.42 Å². The van der Waals surface area contributed by atoms with Crippen molar-refractivity contribution in [2.75, 3.05) is 18.8 Å². The smallest absolute Gasteiger partial charge is 0.236 e. The summed E-state index contributed by atoms with van der Waals surface area (Å²) in [4.78, 5) is 11.3. The molecule has 0 saturated carbocycles. The van der Waals surface area contributed by atoms with E-state index in [-0.39, 0.29) is 24.7 Å². The minimum absolute atomic E-state index is 0.0380. The maximum Gasteiger partial charge on any atom is 0.236 e. The highest BCUT2D eigenvalue weighted by molar-refractivity contribution is 7.89. The molecule has 0 aromatic carbocycles. The number of nitrogens with two attached hydrogens (primary N) is 1. The van der Waals surface area contributed by atoms with Gasteiger partial charge in [-0.05, 0) is 13.3 Å². The minimum Gasteiger partial charge on any atom is -0.353 e. The Morgan fingerprint density at radius 3 is 2.44 bits per heavy atom. The molecule has 0 bridgehead atoms. The predicted octanol–water partition coefficient (Wildman–Crippen LogP) is -0.831. The predicted molar refractivity (Wildman–Crippen MR) is 63.4 cm³/mol. The van der Waals surface area contributed by atoms with Crippen LogP contribution in [-0.4, -0.2) is 39.2 Å². The van der Waals surface area contributed by atoms with Gasteiger partial charge in [-0.15, -0.1) is 0 Å². The molecule has 0 aliphatic heterocycles. The molecular formula is C9H21N3O3S. The molecule has 16 heavy (non-hydrogen) atoms. The summed E-state index contributed by atoms with van der Waals surface area (Å²) in [5.41, 5.74) is 5.57. The number of carbonyl (C=O) groups excluding carboxylic acids is 1. The summed E-state index contributed by atoms with van der Waals surface area (Å²) in [6.45, 7) is 3.96. The third-order valence-corrected chi connectivity index (χ3v) is 3.47. The second-order valence-electron chi connectivity index (χ2n) is 3.48. The van der Waals surface area contributed by atoms with Crippen LogP contribution in [0.1, 0.15) is 26.7 Å². The van der Waals surface area contributed by atoms with Crippen LogP contribution in [0.2, 0.25) is 0 Å². The van der Waals surface area contributed by atoms with E-state index in [4.69, 9.17) is 5.73 Å². The van der Waals surface area contributed by atoms with Crippen molar-refractivity contribution in [3.8, 4) is 0 Å². The van der Waals surface area contributed by atoms with Crippen LogP contribution in [0.25, 0.3) is 0 Å². The second-order valence-corrected chi connectivity index (χ2v) is 5.58. The van der Waals surface area contributed by atoms with E-state index in [9.17, 15) is 13.2 Å². The Kier molecular flexibility index (Phi) is 7.27. The summed E-state index contributed by atoms with van der Waals surface area (Å²) < 4.78 is 24.4. The Balaban J connectivity index is 3.71. The van der Waals surface area contributed by atoms with Gasteiger partial charge in [-0.25, -0.2) is 13.1 Å². The zero-order valence-corrected chi connectivity index (χ0v) is 10.6. The summed E-state index contributed by atoms with van der Waals surface area (Å²) in [5.74, 6) is -0.200. The largest absolute Gasteiger partial charge is 0.353 e. The average molecular weight is 251 g/mol. The molecule has 0 spiro atoms. The topological polar surface area (TPSA) is 101 Å². The van der Waals surface area contributed by atoms with Gasteiger partial charge in [-0.3, -0.25) is 4.79 Å². The maximum absolute atomic E-state index is 11.3. The number of nitrogens with one attached hydrogen (secondary N) is 2. The number of hydrogen-bond donors (Lipinski definition) is 3. The summed E-state index contributed by atoms with van der Waals surface area (Å²) in [6, 6.07) is -0.507. The molecule has 7 heteroatoms. The lowest BCUT2D eigenvalue weighted by atomic mass is 10.2. The van der Waals surface area contributed by atoms with Gasteiger partial charge in [0.1, 0.15) is 0 Å². The Hall–Kier alpha value is -0.660. The first-order valence-corrected chi connectivity index (χ1v) is 7.08. The first kappa shape index (κ1) is 15.3. The lowest BCUT2D eigenvalue weighted by Crippen LogP contribution is -2.43. The van der Waals surface area contributed by atoms with Gasteiger partial charge in [-0.1, -0.05) is 13.3 Å². The third-order valence-electron chi connectivity index (χ3n) is 2.06. The van der Waals surface area contributed by atoms with Crippen molar-refractivity contribution < 1.29 is 13.2 Å². The molecule has 0 fully saturated rings. The highest BCUT2D eigenvalue weighted by Crippen LogP contribution is 1.92. The quantitative estimate of drug-likeness (QED) is 0.490. The fraction of sp³-hybridized carbons (Fsp3) is 0.889. The van der Waals surface area contributed by atoms with Crippen molar-refractivity contribution in [2.45, 2.75) is 32.7 Å². The number of amides is 1. The van der Waals surface area contributed by atoms with Gasteiger partial charge < -0.3 is 11.1 Å². The number of hydrogen-bond acceptors (Lipinski definition) is 4. The molecule has 0 heterocycles. The average Bonchev–Trinajstić information content (AvgIpc) is 2.24. The van der Waals surface area contributed by atoms with Gasteiger partial charge in [-0.2, -0.15) is 0 Å². The van der Waals surface area contributed by atoms with Crippen molar-refractivity contribution in [1.29, 1.82) is 0 Å². The first-order chi connectivity index (χ1) is 7.43. The molecular weight excluding hydrogens is 230 g/mol. The van der Waals surface area contributed by atoms with Crippen molar-refractivity contribution in [1.82, 2.24) is 10.0 Å². The Bertz CT molecular complexity index is 303. The van der Waals surface area contributed by atoms with Crippen molar-refractivity contribution in [3.63, 3.8) is 0 Å². The summed E-state index contributed by atoms with van der Waals surface area (Å²) >= 11 is 0. The zero-order valence-electron chi connectivity index (χ0n) is 9.82. The Morgan fingerprint density at radius 1 is 1.31 bits per heavy atom. The molecule has 0 aromatic heterocycles. The van der Waals surface area contributed by atoms with E-state index in [0.29, 0.717) is 6.42 Å². The van der Waals surface area contributed by atoms with E-state index in [1.165, 1.54) is 0 Å². The Labute approximate surface area is 97.0 Å². The van der Waals surface area contributed by atoms with E-state index in [2.05, 4.69) is 10.0 Å². The molecule has 0 aliphatic carbocycles. The molecule has 1 unspecified atom stereocenters. The summed E-state index contributed by atoms with van der Waals surface area (Å²) in [6.07, 6.45) is 1.48. The lowest BCUT2D eigenvalue weighted by Gasteiger charge is -2.11. The van der Waals surface area contributed by atoms with E-state index in [1.54, 1.807) is 6.92 Å². The first-order valence-electron chi connectivity index (χ1n) is 5.43. The van der Waals surface area contributed by atoms with Crippen LogP contribution in [0, 0.1) is 0 Å². The molecule has 1 amide bonds. The lowest BCUT2D eigenvalue weighted by molar-refractivity contribution is -0.122. The molecule has 96 valence electrons. The number of carbonyl (C=O) groups is 1. The van der Waals surface area contributed by atoms with Crippen LogP contribution >= 0.6 is 0 Å². The van der Waals surface area contributed by atoms with Crippen LogP contribution in [0.5, 0.6) is 0 Å². The van der Waals surface area contributed by atoms with E-state index in [1.807, 2.05) is 6.92 Å². The molecule has 0 rings (SSSR count). The fourth-order valence-electron chi connectivity index (χ4n) is 1.07. The van der Waals surface area contributed by atoms with Crippen molar-refractivity contribution in [3.05, 3.63) is 0 Å². The molecule has 0 aliphatic rings. The standard InChI is InChI=1S/C9H21N3O3S/c1-3-5-8(10)9(13)11-6-7-12-16(14,15)4-2/h8,12H,3-7,10H2,1-2H3,(H,11,13). The summed E-state index contributed by atoms with van der Waals surface area (Å²) in [5, 5.41) is 2.57. The van der Waals surface area contributed by atoms with Crippen LogP contribution in [0.3, 0.4) is 0 Å². The van der Waals surface area contributed by atoms with Gasteiger partial charge in [0.2, 0.25) is 15.9 Å². The second kappa shape index (κ2) is 7.59. The monoisotopic (exact) mass is 251 g/mol. The van der Waals surface area contributed by atoms with Crippen molar-refractivity contribution >= 4 is 15.9 Å². The molecule has 4 N–H and O–H groups in total. The SMILES string of the molecule is CCCC(N)C(=O)NCCNS(=O)(=O)CC. The van der Waals surface area contributed by atoms with Crippen LogP contribution < -0.4 is 15.8 Å². The number of sulfonamides is 1. The normalized spacial score (nSPS) is 13.4. The van der Waals surface area contributed by atoms with Gasteiger partial charge in [0.15, 0.2) is 0 Å². The van der Waals surface area contributed by atoms with Gasteiger partial charge in [0, 0.05) is 13.1 Å². The summed E-state index contributed by atoms with van der Waals surface area (Å²) in [7, 11) is -3.18. The van der Waals surface area contributed by atoms with Crippen LogP contribution in [-0.2, 0) is 14.8 Å². The highest BCUT2D eigenvalue weighted by Gasteiger charge is 2.11. The molecule has 0 aromatic rings. The highest BCUT2D eigenvalue weighted by atomic mass is 32.2. The van der Waals surface area contributed by atoms with Gasteiger partial charge in [0.05, 0.1) is 11.8 Å². The molecule has 0 saturated heterocycles. The minimum atomic E-state index is -3.18. The molecule has 1 atom stereocenters. The van der Waals surface area contributed by atoms with Gasteiger partial charge in [0.25, 0.3) is 0 Å².